The van der Waals surface area contributed by atoms with E-state index in [4.69, 9.17) is 33.9 Å². The highest BCUT2D eigenvalue weighted by Crippen LogP contribution is 2.35. The number of hydrogen-bond acceptors (Lipinski definition) is 3. The Labute approximate surface area is 185 Å². The number of amides is 1. The lowest BCUT2D eigenvalue weighted by molar-refractivity contribution is -0.117. The van der Waals surface area contributed by atoms with Gasteiger partial charge in [-0.3, -0.25) is 9.78 Å². The van der Waals surface area contributed by atoms with Crippen LogP contribution in [0.15, 0.2) is 48.5 Å². The molecule has 2 aromatic carbocycles. The molecule has 29 heavy (non-hydrogen) atoms. The van der Waals surface area contributed by atoms with Crippen LogP contribution in [0.5, 0.6) is 0 Å². The van der Waals surface area contributed by atoms with E-state index in [-0.39, 0.29) is 24.7 Å². The van der Waals surface area contributed by atoms with Crippen molar-refractivity contribution in [3.8, 4) is 11.3 Å². The number of carbonyl (C=O) groups is 1. The Morgan fingerprint density at radius 2 is 1.72 bits per heavy atom. The lowest BCUT2D eigenvalue weighted by Gasteiger charge is -2.14. The molecule has 0 radical (unpaired) electrons. The molecule has 0 spiro atoms. The van der Waals surface area contributed by atoms with Crippen LogP contribution in [0.2, 0.25) is 10.0 Å². The second kappa shape index (κ2) is 9.04. The third-order valence-electron chi connectivity index (χ3n) is 4.82. The van der Waals surface area contributed by atoms with E-state index in [0.29, 0.717) is 10.0 Å². The fourth-order valence-corrected chi connectivity index (χ4v) is 4.09. The number of fused-ring (bicyclic) bond motifs is 1. The van der Waals surface area contributed by atoms with Gasteiger partial charge in [0.25, 0.3) is 0 Å². The van der Waals surface area contributed by atoms with Crippen LogP contribution in [-0.4, -0.2) is 10.9 Å². The number of pyridine rings is 1. The van der Waals surface area contributed by atoms with Crippen molar-refractivity contribution in [1.29, 1.82) is 0 Å². The van der Waals surface area contributed by atoms with Crippen molar-refractivity contribution < 1.29 is 4.79 Å². The molecular formula is C22H20Cl3N3O. The summed E-state index contributed by atoms with van der Waals surface area (Å²) in [5.41, 5.74) is 12.2. The normalized spacial score (nSPS) is 12.2. The lowest BCUT2D eigenvalue weighted by Crippen LogP contribution is -2.13. The number of carbonyl (C=O) groups excluding carboxylic acids is 1. The van der Waals surface area contributed by atoms with E-state index in [1.54, 1.807) is 6.07 Å². The van der Waals surface area contributed by atoms with Gasteiger partial charge in [-0.05, 0) is 66.8 Å². The van der Waals surface area contributed by atoms with Crippen molar-refractivity contribution in [1.82, 2.24) is 4.98 Å². The summed E-state index contributed by atoms with van der Waals surface area (Å²) in [6.45, 7) is 0. The first kappa shape index (κ1) is 21.4. The number of aryl methyl sites for hydroxylation is 1. The number of nitrogens with two attached hydrogens (primary N) is 1. The first-order chi connectivity index (χ1) is 13.5. The van der Waals surface area contributed by atoms with E-state index in [1.165, 1.54) is 5.56 Å². The zero-order valence-corrected chi connectivity index (χ0v) is 17.9. The van der Waals surface area contributed by atoms with Crippen LogP contribution < -0.4 is 11.1 Å². The third-order valence-corrected chi connectivity index (χ3v) is 5.26. The average Bonchev–Trinajstić information content (AvgIpc) is 3.11. The van der Waals surface area contributed by atoms with Gasteiger partial charge in [-0.2, -0.15) is 0 Å². The van der Waals surface area contributed by atoms with Gasteiger partial charge in [0.2, 0.25) is 5.91 Å². The molecule has 1 aliphatic carbocycles. The van der Waals surface area contributed by atoms with Gasteiger partial charge < -0.3 is 11.1 Å². The van der Waals surface area contributed by atoms with Crippen LogP contribution in [0.25, 0.3) is 11.3 Å². The predicted molar refractivity (Wildman–Crippen MR) is 122 cm³/mol. The zero-order valence-electron chi connectivity index (χ0n) is 15.5. The van der Waals surface area contributed by atoms with Gasteiger partial charge >= 0.3 is 0 Å². The second-order valence-electron chi connectivity index (χ2n) is 6.96. The Morgan fingerprint density at radius 3 is 2.38 bits per heavy atom. The molecule has 1 aromatic heterocycles. The van der Waals surface area contributed by atoms with E-state index < -0.39 is 0 Å². The summed E-state index contributed by atoms with van der Waals surface area (Å²) in [6, 6.07) is 15.2. The van der Waals surface area contributed by atoms with Gasteiger partial charge in [-0.25, -0.2) is 0 Å². The third kappa shape index (κ3) is 5.02. The second-order valence-corrected chi connectivity index (χ2v) is 7.83. The summed E-state index contributed by atoms with van der Waals surface area (Å²) < 4.78 is 0. The van der Waals surface area contributed by atoms with Crippen molar-refractivity contribution in [2.75, 3.05) is 5.32 Å². The molecule has 1 amide bonds. The van der Waals surface area contributed by atoms with E-state index in [0.717, 1.165) is 53.2 Å². The summed E-state index contributed by atoms with van der Waals surface area (Å²) in [5.74, 6) is -0.336. The maximum Gasteiger partial charge on any atom is 0.221 e. The highest BCUT2D eigenvalue weighted by molar-refractivity contribution is 6.35. The fourth-order valence-electron chi connectivity index (χ4n) is 3.57. The van der Waals surface area contributed by atoms with Crippen molar-refractivity contribution in [2.45, 2.75) is 25.7 Å². The minimum atomic E-state index is -0.336. The van der Waals surface area contributed by atoms with Gasteiger partial charge in [0.1, 0.15) is 0 Å². The van der Waals surface area contributed by atoms with Gasteiger partial charge in [-0.15, -0.1) is 12.4 Å². The molecule has 4 nitrogen and oxygen atoms in total. The Morgan fingerprint density at radius 1 is 1.03 bits per heavy atom. The summed E-state index contributed by atoms with van der Waals surface area (Å²) in [4.78, 5) is 15.9. The standard InChI is InChI=1S/C22H19Cl2N3O.ClH/c23-15-9-14(10-16(24)11-15)20-12-21(18-2-1-3-19(18)27-20)26-17-6-4-13(5-7-17)8-22(25)28;/h4-7,9-12H,1-3,8H2,(H2,25,28)(H,26,27);1H. The molecule has 0 saturated heterocycles. The number of rotatable bonds is 5. The molecule has 0 bridgehead atoms. The summed E-state index contributed by atoms with van der Waals surface area (Å²) in [7, 11) is 0. The molecule has 0 atom stereocenters. The van der Waals surface area contributed by atoms with Crippen LogP contribution in [0.3, 0.4) is 0 Å². The van der Waals surface area contributed by atoms with Gasteiger partial charge in [0, 0.05) is 32.7 Å². The SMILES string of the molecule is Cl.NC(=O)Cc1ccc(Nc2cc(-c3cc(Cl)cc(Cl)c3)nc3c2CCC3)cc1. The van der Waals surface area contributed by atoms with E-state index in [1.807, 2.05) is 42.5 Å². The molecule has 1 heterocycles. The maximum atomic E-state index is 11.1. The maximum absolute atomic E-state index is 11.1. The number of aromatic nitrogens is 1. The van der Waals surface area contributed by atoms with Crippen molar-refractivity contribution in [3.05, 3.63) is 75.4 Å². The smallest absolute Gasteiger partial charge is 0.221 e. The van der Waals surface area contributed by atoms with Crippen molar-refractivity contribution in [2.24, 2.45) is 5.73 Å². The fraction of sp³-hybridized carbons (Fsp3) is 0.182. The topological polar surface area (TPSA) is 68.0 Å². The molecule has 1 aliphatic rings. The Bertz CT molecular complexity index is 1030. The van der Waals surface area contributed by atoms with E-state index in [2.05, 4.69) is 5.32 Å². The summed E-state index contributed by atoms with van der Waals surface area (Å²) >= 11 is 12.4. The predicted octanol–water partition coefficient (Wildman–Crippen LogP) is 5.74. The number of hydrogen-bond donors (Lipinski definition) is 2. The Kier molecular flexibility index (Phi) is 6.68. The van der Waals surface area contributed by atoms with Crippen molar-refractivity contribution in [3.63, 3.8) is 0 Å². The number of nitrogens with zero attached hydrogens (tertiary/aromatic N) is 1. The minimum absolute atomic E-state index is 0. The van der Waals surface area contributed by atoms with Crippen LogP contribution in [-0.2, 0) is 24.1 Å². The largest absolute Gasteiger partial charge is 0.369 e. The first-order valence-corrected chi connectivity index (χ1v) is 9.87. The van der Waals surface area contributed by atoms with E-state index in [9.17, 15) is 4.79 Å². The van der Waals surface area contributed by atoms with Crippen LogP contribution in [0.4, 0.5) is 11.4 Å². The highest BCUT2D eigenvalue weighted by atomic mass is 35.5. The molecule has 0 saturated carbocycles. The van der Waals surface area contributed by atoms with Crippen LogP contribution in [0, 0.1) is 0 Å². The number of halogens is 3. The molecule has 7 heteroatoms. The molecule has 0 fully saturated rings. The number of nitrogens with one attached hydrogen (secondary N) is 1. The summed E-state index contributed by atoms with van der Waals surface area (Å²) in [6.07, 6.45) is 3.30. The number of anilines is 2. The first-order valence-electron chi connectivity index (χ1n) is 9.11. The molecular weight excluding hydrogens is 429 g/mol. The minimum Gasteiger partial charge on any atom is -0.369 e. The quantitative estimate of drug-likeness (QED) is 0.523. The molecule has 0 aliphatic heterocycles. The summed E-state index contributed by atoms with van der Waals surface area (Å²) in [5, 5.41) is 4.68. The molecule has 3 aromatic rings. The van der Waals surface area contributed by atoms with Crippen molar-refractivity contribution >= 4 is 52.9 Å². The van der Waals surface area contributed by atoms with Crippen LogP contribution in [0.1, 0.15) is 23.2 Å². The number of primary amides is 1. The van der Waals surface area contributed by atoms with Gasteiger partial charge in [-0.1, -0.05) is 35.3 Å². The monoisotopic (exact) mass is 447 g/mol. The molecule has 3 N–H and O–H groups in total. The zero-order chi connectivity index (χ0) is 19.7. The molecule has 150 valence electrons. The van der Waals surface area contributed by atoms with Crippen LogP contribution >= 0.6 is 35.6 Å². The highest BCUT2D eigenvalue weighted by Gasteiger charge is 2.19. The van der Waals surface area contributed by atoms with Gasteiger partial charge in [0.15, 0.2) is 0 Å². The van der Waals surface area contributed by atoms with Gasteiger partial charge in [0.05, 0.1) is 12.1 Å². The number of benzene rings is 2. The van der Waals surface area contributed by atoms with E-state index >= 15 is 0 Å². The Balaban J connectivity index is 0.00000240. The lowest BCUT2D eigenvalue weighted by atomic mass is 10.1. The average molecular weight is 449 g/mol. The molecule has 0 unspecified atom stereocenters. The Hall–Kier alpha value is -2.27. The molecule has 4 rings (SSSR count).